The number of hydrogen-bond acceptors (Lipinski definition) is 2. The Kier molecular flexibility index (Phi) is 2.30. The van der Waals surface area contributed by atoms with Crippen molar-refractivity contribution in [2.24, 2.45) is 17.8 Å². The number of nitrogens with zero attached hydrogens (tertiary/aromatic N) is 1. The lowest BCUT2D eigenvalue weighted by molar-refractivity contribution is -0.385. The minimum atomic E-state index is -0.260. The van der Waals surface area contributed by atoms with Crippen molar-refractivity contribution in [2.75, 3.05) is 0 Å². The fourth-order valence-electron chi connectivity index (χ4n) is 5.41. The molecule has 4 saturated carbocycles. The first-order chi connectivity index (χ1) is 9.14. The Hall–Kier alpha value is -1.38. The Morgan fingerprint density at radius 2 is 1.63 bits per heavy atom. The van der Waals surface area contributed by atoms with Crippen molar-refractivity contribution >= 4 is 5.69 Å². The molecular weight excluding hydrogens is 238 g/mol. The first kappa shape index (κ1) is 11.4. The number of non-ortho nitro benzene ring substituents is 1. The first-order valence-corrected chi connectivity index (χ1v) is 7.40. The summed E-state index contributed by atoms with van der Waals surface area (Å²) in [6.45, 7) is 0. The Balaban J connectivity index is 1.75. The lowest BCUT2D eigenvalue weighted by Crippen LogP contribution is -2.48. The van der Waals surface area contributed by atoms with E-state index in [2.05, 4.69) is 6.07 Å². The summed E-state index contributed by atoms with van der Waals surface area (Å²) in [7, 11) is 0. The van der Waals surface area contributed by atoms with E-state index in [-0.39, 0.29) is 16.0 Å². The van der Waals surface area contributed by atoms with Crippen LogP contribution in [-0.4, -0.2) is 4.92 Å². The van der Waals surface area contributed by atoms with Crippen molar-refractivity contribution in [3.63, 3.8) is 0 Å². The zero-order valence-electron chi connectivity index (χ0n) is 11.0. The molecule has 0 spiro atoms. The highest BCUT2D eigenvalue weighted by atomic mass is 16.6. The van der Waals surface area contributed by atoms with Crippen LogP contribution in [0, 0.1) is 27.9 Å². The van der Waals surface area contributed by atoms with Crippen molar-refractivity contribution in [1.82, 2.24) is 0 Å². The van der Waals surface area contributed by atoms with Gasteiger partial charge in [0.25, 0.3) is 5.69 Å². The minimum absolute atomic E-state index is 0.258. The molecule has 4 bridgehead atoms. The van der Waals surface area contributed by atoms with E-state index in [4.69, 9.17) is 0 Å². The van der Waals surface area contributed by atoms with E-state index < -0.39 is 0 Å². The summed E-state index contributed by atoms with van der Waals surface area (Å²) in [4.78, 5) is 10.7. The highest BCUT2D eigenvalue weighted by Gasteiger charge is 2.51. The second-order valence-electron chi connectivity index (χ2n) is 7.01. The SMILES string of the molecule is O=[N+]([O-])c1cccc(C23CC4CC(CC(C4)C2)C3)c1. The Labute approximate surface area is 113 Å². The summed E-state index contributed by atoms with van der Waals surface area (Å²) in [5, 5.41) is 11.0. The molecule has 4 aliphatic carbocycles. The zero-order valence-corrected chi connectivity index (χ0v) is 11.0. The van der Waals surface area contributed by atoms with Crippen LogP contribution in [0.5, 0.6) is 0 Å². The van der Waals surface area contributed by atoms with Gasteiger partial charge in [-0.15, -0.1) is 0 Å². The second kappa shape index (κ2) is 3.81. The lowest BCUT2D eigenvalue weighted by Gasteiger charge is -2.57. The van der Waals surface area contributed by atoms with Crippen LogP contribution in [0.2, 0.25) is 0 Å². The molecule has 19 heavy (non-hydrogen) atoms. The Morgan fingerprint density at radius 1 is 1.05 bits per heavy atom. The van der Waals surface area contributed by atoms with Crippen LogP contribution in [0.25, 0.3) is 0 Å². The van der Waals surface area contributed by atoms with Crippen LogP contribution in [0.4, 0.5) is 5.69 Å². The van der Waals surface area contributed by atoms with Gasteiger partial charge in [-0.05, 0) is 67.3 Å². The molecule has 4 fully saturated rings. The number of rotatable bonds is 2. The summed E-state index contributed by atoms with van der Waals surface area (Å²) in [6.07, 6.45) is 8.02. The van der Waals surface area contributed by atoms with Crippen molar-refractivity contribution in [1.29, 1.82) is 0 Å². The van der Waals surface area contributed by atoms with Crippen LogP contribution in [0.15, 0.2) is 24.3 Å². The van der Waals surface area contributed by atoms with E-state index in [1.165, 1.54) is 44.1 Å². The van der Waals surface area contributed by atoms with Gasteiger partial charge in [-0.2, -0.15) is 0 Å². The van der Waals surface area contributed by atoms with Gasteiger partial charge in [-0.3, -0.25) is 10.1 Å². The summed E-state index contributed by atoms with van der Waals surface area (Å²) in [5.41, 5.74) is 1.76. The number of benzene rings is 1. The van der Waals surface area contributed by atoms with Crippen molar-refractivity contribution < 1.29 is 4.92 Å². The van der Waals surface area contributed by atoms with Crippen LogP contribution < -0.4 is 0 Å². The molecule has 100 valence electrons. The van der Waals surface area contributed by atoms with Crippen molar-refractivity contribution in [3.8, 4) is 0 Å². The van der Waals surface area contributed by atoms with Crippen LogP contribution in [-0.2, 0) is 5.41 Å². The molecule has 0 atom stereocenters. The number of nitro benzene ring substituents is 1. The average molecular weight is 257 g/mol. The first-order valence-electron chi connectivity index (χ1n) is 7.40. The maximum Gasteiger partial charge on any atom is 0.269 e. The Morgan fingerprint density at radius 3 is 2.16 bits per heavy atom. The van der Waals surface area contributed by atoms with Crippen molar-refractivity contribution in [3.05, 3.63) is 39.9 Å². The predicted molar refractivity (Wildman–Crippen MR) is 72.9 cm³/mol. The van der Waals surface area contributed by atoms with Crippen LogP contribution >= 0.6 is 0 Å². The van der Waals surface area contributed by atoms with E-state index in [1.54, 1.807) is 6.07 Å². The molecule has 0 aromatic heterocycles. The molecular formula is C16H19NO2. The standard InChI is InChI=1S/C16H19NO2/c18-17(19)15-3-1-2-14(7-15)16-8-11-4-12(9-16)6-13(5-11)10-16/h1-3,7,11-13H,4-6,8-10H2. The summed E-state index contributed by atoms with van der Waals surface area (Å²) < 4.78 is 0. The quantitative estimate of drug-likeness (QED) is 0.592. The molecule has 0 amide bonds. The van der Waals surface area contributed by atoms with E-state index in [0.717, 1.165) is 17.8 Å². The van der Waals surface area contributed by atoms with Gasteiger partial charge in [-0.1, -0.05) is 12.1 Å². The molecule has 5 rings (SSSR count). The summed E-state index contributed by atoms with van der Waals surface area (Å²) in [5.74, 6) is 2.64. The number of nitro groups is 1. The van der Waals surface area contributed by atoms with Gasteiger partial charge in [0, 0.05) is 12.1 Å². The monoisotopic (exact) mass is 257 g/mol. The fourth-order valence-corrected chi connectivity index (χ4v) is 5.41. The molecule has 0 unspecified atom stereocenters. The van der Waals surface area contributed by atoms with Gasteiger partial charge < -0.3 is 0 Å². The van der Waals surface area contributed by atoms with Gasteiger partial charge in [-0.25, -0.2) is 0 Å². The van der Waals surface area contributed by atoms with E-state index in [0.29, 0.717) is 0 Å². The molecule has 3 heteroatoms. The summed E-state index contributed by atoms with van der Waals surface area (Å²) >= 11 is 0. The van der Waals surface area contributed by atoms with Crippen LogP contribution in [0.3, 0.4) is 0 Å². The van der Waals surface area contributed by atoms with Gasteiger partial charge in [0.1, 0.15) is 0 Å². The molecule has 1 aromatic carbocycles. The second-order valence-corrected chi connectivity index (χ2v) is 7.01. The summed E-state index contributed by atoms with van der Waals surface area (Å²) in [6, 6.07) is 7.45. The third-order valence-electron chi connectivity index (χ3n) is 5.71. The molecule has 0 heterocycles. The van der Waals surface area contributed by atoms with E-state index in [9.17, 15) is 10.1 Å². The minimum Gasteiger partial charge on any atom is -0.258 e. The topological polar surface area (TPSA) is 43.1 Å². The van der Waals surface area contributed by atoms with E-state index in [1.807, 2.05) is 12.1 Å². The predicted octanol–water partition coefficient (Wildman–Crippen LogP) is 4.06. The average Bonchev–Trinajstić information content (AvgIpc) is 2.37. The maximum absolute atomic E-state index is 11.0. The highest BCUT2D eigenvalue weighted by Crippen LogP contribution is 2.60. The molecule has 1 aromatic rings. The Bertz CT molecular complexity index is 502. The van der Waals surface area contributed by atoms with Gasteiger partial charge in [0.05, 0.1) is 4.92 Å². The zero-order chi connectivity index (χ0) is 13.0. The lowest BCUT2D eigenvalue weighted by atomic mass is 9.48. The van der Waals surface area contributed by atoms with Gasteiger partial charge >= 0.3 is 0 Å². The molecule has 0 aliphatic heterocycles. The molecule has 3 nitrogen and oxygen atoms in total. The fraction of sp³-hybridized carbons (Fsp3) is 0.625. The van der Waals surface area contributed by atoms with Gasteiger partial charge in [0.2, 0.25) is 0 Å². The number of hydrogen-bond donors (Lipinski definition) is 0. The molecule has 0 N–H and O–H groups in total. The largest absolute Gasteiger partial charge is 0.269 e. The smallest absolute Gasteiger partial charge is 0.258 e. The van der Waals surface area contributed by atoms with E-state index >= 15 is 0 Å². The maximum atomic E-state index is 11.0. The molecule has 0 saturated heterocycles. The van der Waals surface area contributed by atoms with Crippen molar-refractivity contribution in [2.45, 2.75) is 43.9 Å². The third kappa shape index (κ3) is 1.71. The van der Waals surface area contributed by atoms with Crippen LogP contribution in [0.1, 0.15) is 44.1 Å². The third-order valence-corrected chi connectivity index (χ3v) is 5.71. The molecule has 4 aliphatic rings. The molecule has 0 radical (unpaired) electrons. The normalized spacial score (nSPS) is 39.5. The van der Waals surface area contributed by atoms with Gasteiger partial charge in [0.15, 0.2) is 0 Å². The highest BCUT2D eigenvalue weighted by molar-refractivity contribution is 5.39.